The first-order chi connectivity index (χ1) is 6.56. The zero-order valence-electron chi connectivity index (χ0n) is 6.67. The highest BCUT2D eigenvalue weighted by Gasteiger charge is 2.17. The molecule has 0 saturated heterocycles. The van der Waals surface area contributed by atoms with Crippen molar-refractivity contribution in [2.75, 3.05) is 6.86 Å². The number of ether oxygens (including phenoxy) is 1. The molecule has 0 unspecified atom stereocenters. The second-order valence-electron chi connectivity index (χ2n) is 2.24. The zero-order valence-corrected chi connectivity index (χ0v) is 8.25. The Balaban J connectivity index is 3.20. The Kier molecular flexibility index (Phi) is 3.34. The van der Waals surface area contributed by atoms with E-state index in [1.54, 1.807) is 0 Å². The van der Waals surface area contributed by atoms with Gasteiger partial charge in [0.1, 0.15) is 0 Å². The highest BCUT2D eigenvalue weighted by Crippen LogP contribution is 2.31. The highest BCUT2D eigenvalue weighted by molar-refractivity contribution is 9.10. The van der Waals surface area contributed by atoms with Crippen LogP contribution in [-0.2, 0) is 0 Å². The Bertz CT molecular complexity index is 372. The van der Waals surface area contributed by atoms with Crippen molar-refractivity contribution in [3.8, 4) is 5.75 Å². The molecule has 1 aromatic rings. The average molecular weight is 268 g/mol. The standard InChI is InChI=1S/C7H4BrF2NO3/c8-4-1-5(10)7(14-3-9)2-6(4)11(12)13/h1-2H,3H2. The van der Waals surface area contributed by atoms with E-state index < -0.39 is 23.4 Å². The summed E-state index contributed by atoms with van der Waals surface area (Å²) in [7, 11) is 0. The number of rotatable bonds is 3. The predicted octanol–water partition coefficient (Wildman–Crippen LogP) is 2.80. The van der Waals surface area contributed by atoms with Gasteiger partial charge in [0.2, 0.25) is 6.86 Å². The fourth-order valence-electron chi connectivity index (χ4n) is 0.828. The number of nitro benzene ring substituents is 1. The lowest BCUT2D eigenvalue weighted by atomic mass is 10.3. The van der Waals surface area contributed by atoms with E-state index in [9.17, 15) is 18.9 Å². The van der Waals surface area contributed by atoms with Crippen molar-refractivity contribution in [2.24, 2.45) is 0 Å². The first-order valence-corrected chi connectivity index (χ1v) is 4.17. The first kappa shape index (κ1) is 10.8. The summed E-state index contributed by atoms with van der Waals surface area (Å²) in [5, 5.41) is 10.4. The smallest absolute Gasteiger partial charge is 0.287 e. The quantitative estimate of drug-likeness (QED) is 0.625. The molecule has 0 atom stereocenters. The molecule has 0 spiro atoms. The lowest BCUT2D eigenvalue weighted by Gasteiger charge is -2.03. The van der Waals surface area contributed by atoms with Gasteiger partial charge in [-0.1, -0.05) is 0 Å². The molecule has 0 aliphatic heterocycles. The van der Waals surface area contributed by atoms with E-state index in [0.29, 0.717) is 0 Å². The number of hydrogen-bond donors (Lipinski definition) is 0. The first-order valence-electron chi connectivity index (χ1n) is 3.38. The minimum Gasteiger partial charge on any atom is -0.460 e. The number of nitro groups is 1. The predicted molar refractivity (Wildman–Crippen MR) is 47.4 cm³/mol. The molecule has 0 saturated carbocycles. The van der Waals surface area contributed by atoms with Gasteiger partial charge < -0.3 is 4.74 Å². The molecule has 1 rings (SSSR count). The largest absolute Gasteiger partial charge is 0.460 e. The summed E-state index contributed by atoms with van der Waals surface area (Å²) in [5.41, 5.74) is -0.380. The Labute approximate surface area is 85.8 Å². The minimum absolute atomic E-state index is 0.0220. The van der Waals surface area contributed by atoms with Crippen LogP contribution in [0.2, 0.25) is 0 Å². The number of alkyl halides is 1. The number of nitrogens with zero attached hydrogens (tertiary/aromatic N) is 1. The lowest BCUT2D eigenvalue weighted by Crippen LogP contribution is -1.96. The summed E-state index contributed by atoms with van der Waals surface area (Å²) in [6, 6.07) is 1.67. The van der Waals surface area contributed by atoms with E-state index in [4.69, 9.17) is 0 Å². The molecule has 0 radical (unpaired) electrons. The zero-order chi connectivity index (χ0) is 10.7. The van der Waals surface area contributed by atoms with Crippen molar-refractivity contribution >= 4 is 21.6 Å². The lowest BCUT2D eigenvalue weighted by molar-refractivity contribution is -0.385. The maximum atomic E-state index is 12.9. The molecule has 0 fully saturated rings. The number of hydrogen-bond acceptors (Lipinski definition) is 3. The van der Waals surface area contributed by atoms with Crippen LogP contribution in [0.1, 0.15) is 0 Å². The number of halogens is 3. The molecule has 0 N–H and O–H groups in total. The second-order valence-corrected chi connectivity index (χ2v) is 3.10. The van der Waals surface area contributed by atoms with E-state index in [1.165, 1.54) is 0 Å². The summed E-state index contributed by atoms with van der Waals surface area (Å²) in [4.78, 5) is 9.67. The van der Waals surface area contributed by atoms with Gasteiger partial charge in [-0.2, -0.15) is 0 Å². The summed E-state index contributed by atoms with van der Waals surface area (Å²) >= 11 is 2.80. The summed E-state index contributed by atoms with van der Waals surface area (Å²) < 4.78 is 28.9. The van der Waals surface area contributed by atoms with Crippen LogP contribution in [0, 0.1) is 15.9 Å². The number of benzene rings is 1. The van der Waals surface area contributed by atoms with Crippen molar-refractivity contribution in [3.63, 3.8) is 0 Å². The molecule has 14 heavy (non-hydrogen) atoms. The van der Waals surface area contributed by atoms with Crippen LogP contribution in [0.3, 0.4) is 0 Å². The van der Waals surface area contributed by atoms with Gasteiger partial charge in [-0.3, -0.25) is 10.1 Å². The fourth-order valence-corrected chi connectivity index (χ4v) is 1.29. The Morgan fingerprint density at radius 1 is 1.57 bits per heavy atom. The fraction of sp³-hybridized carbons (Fsp3) is 0.143. The minimum atomic E-state index is -1.24. The molecule has 0 bridgehead atoms. The van der Waals surface area contributed by atoms with Gasteiger partial charge in [-0.05, 0) is 22.0 Å². The summed E-state index contributed by atoms with van der Waals surface area (Å²) in [6.45, 7) is -1.24. The van der Waals surface area contributed by atoms with Gasteiger partial charge >= 0.3 is 0 Å². The summed E-state index contributed by atoms with van der Waals surface area (Å²) in [6.07, 6.45) is 0. The molecule has 0 aliphatic rings. The van der Waals surface area contributed by atoms with E-state index in [-0.39, 0.29) is 10.2 Å². The third-order valence-corrected chi connectivity index (χ3v) is 2.04. The SMILES string of the molecule is O=[N+]([O-])c1cc(OCF)c(F)cc1Br. The van der Waals surface area contributed by atoms with E-state index in [0.717, 1.165) is 12.1 Å². The van der Waals surface area contributed by atoms with Crippen LogP contribution in [-0.4, -0.2) is 11.8 Å². The Morgan fingerprint density at radius 2 is 2.21 bits per heavy atom. The second kappa shape index (κ2) is 4.32. The monoisotopic (exact) mass is 267 g/mol. The molecule has 7 heteroatoms. The maximum absolute atomic E-state index is 12.9. The van der Waals surface area contributed by atoms with Crippen molar-refractivity contribution in [1.82, 2.24) is 0 Å². The van der Waals surface area contributed by atoms with Gasteiger partial charge in [0.15, 0.2) is 11.6 Å². The topological polar surface area (TPSA) is 52.4 Å². The van der Waals surface area contributed by atoms with Crippen molar-refractivity contribution in [1.29, 1.82) is 0 Å². The molecular weight excluding hydrogens is 264 g/mol. The third kappa shape index (κ3) is 2.16. The van der Waals surface area contributed by atoms with Crippen LogP contribution in [0.5, 0.6) is 5.75 Å². The van der Waals surface area contributed by atoms with E-state index in [2.05, 4.69) is 20.7 Å². The van der Waals surface area contributed by atoms with Crippen LogP contribution < -0.4 is 4.74 Å². The van der Waals surface area contributed by atoms with Gasteiger partial charge in [-0.15, -0.1) is 0 Å². The van der Waals surface area contributed by atoms with Crippen LogP contribution >= 0.6 is 15.9 Å². The molecular formula is C7H4BrF2NO3. The van der Waals surface area contributed by atoms with Gasteiger partial charge in [0.25, 0.3) is 5.69 Å². The molecule has 0 heterocycles. The Hall–Kier alpha value is -1.24. The van der Waals surface area contributed by atoms with Crippen LogP contribution in [0.15, 0.2) is 16.6 Å². The molecule has 76 valence electrons. The van der Waals surface area contributed by atoms with Crippen molar-refractivity contribution in [2.45, 2.75) is 0 Å². The molecule has 1 aromatic carbocycles. The highest BCUT2D eigenvalue weighted by atomic mass is 79.9. The van der Waals surface area contributed by atoms with Gasteiger partial charge in [-0.25, -0.2) is 8.78 Å². The van der Waals surface area contributed by atoms with Gasteiger partial charge in [0, 0.05) is 0 Å². The Morgan fingerprint density at radius 3 is 2.71 bits per heavy atom. The molecule has 0 aliphatic carbocycles. The average Bonchev–Trinajstić information content (AvgIpc) is 2.09. The van der Waals surface area contributed by atoms with E-state index >= 15 is 0 Å². The summed E-state index contributed by atoms with van der Waals surface area (Å²) in [5.74, 6) is -1.34. The normalized spacial score (nSPS) is 9.93. The third-order valence-electron chi connectivity index (χ3n) is 1.41. The van der Waals surface area contributed by atoms with Crippen molar-refractivity contribution < 1.29 is 18.4 Å². The molecule has 0 aromatic heterocycles. The van der Waals surface area contributed by atoms with Crippen LogP contribution in [0.25, 0.3) is 0 Å². The van der Waals surface area contributed by atoms with Gasteiger partial charge in [0.05, 0.1) is 15.5 Å². The van der Waals surface area contributed by atoms with Crippen LogP contribution in [0.4, 0.5) is 14.5 Å². The molecule has 4 nitrogen and oxygen atoms in total. The van der Waals surface area contributed by atoms with E-state index in [1.807, 2.05) is 0 Å². The maximum Gasteiger partial charge on any atom is 0.287 e. The molecule has 0 amide bonds. The van der Waals surface area contributed by atoms with Crippen molar-refractivity contribution in [3.05, 3.63) is 32.5 Å².